The number of anilines is 2. The molecule has 0 atom stereocenters. The highest BCUT2D eigenvalue weighted by Crippen LogP contribution is 2.23. The number of hydrogen-bond acceptors (Lipinski definition) is 4. The molecule has 1 aromatic heterocycles. The van der Waals surface area contributed by atoms with Crippen LogP contribution in [0, 0.1) is 0 Å². The summed E-state index contributed by atoms with van der Waals surface area (Å²) in [5.74, 6) is 0.312. The maximum Gasteiger partial charge on any atom is 0.243 e. The van der Waals surface area contributed by atoms with E-state index in [1.165, 1.54) is 11.3 Å². The van der Waals surface area contributed by atoms with Crippen molar-refractivity contribution in [2.75, 3.05) is 17.2 Å². The molecule has 0 aliphatic carbocycles. The van der Waals surface area contributed by atoms with Gasteiger partial charge in [-0.2, -0.15) is 0 Å². The zero-order chi connectivity index (χ0) is 13.7. The van der Waals surface area contributed by atoms with Gasteiger partial charge in [0.2, 0.25) is 5.91 Å². The van der Waals surface area contributed by atoms with E-state index >= 15 is 0 Å². The van der Waals surface area contributed by atoms with Gasteiger partial charge in [-0.15, -0.1) is 11.3 Å². The first-order chi connectivity index (χ1) is 9.16. The van der Waals surface area contributed by atoms with Gasteiger partial charge in [-0.3, -0.25) is 4.79 Å². The van der Waals surface area contributed by atoms with E-state index in [0.717, 1.165) is 16.4 Å². The van der Waals surface area contributed by atoms with Crippen LogP contribution in [-0.4, -0.2) is 17.4 Å². The number of rotatable bonds is 5. The lowest BCUT2D eigenvalue weighted by Crippen LogP contribution is -2.22. The Morgan fingerprint density at radius 1 is 1.37 bits per heavy atom. The Bertz CT molecular complexity index is 537. The predicted molar refractivity (Wildman–Crippen MR) is 79.8 cm³/mol. The summed E-state index contributed by atoms with van der Waals surface area (Å²) in [4.78, 5) is 16.0. The fraction of sp³-hybridized carbons (Fsp3) is 0.286. The standard InChI is InChI=1S/C14H17N3OS/c1-10(2)11-5-3-4-6-12(11)17-13(18)9-16-14-15-7-8-19-14/h3-8,10H,9H2,1-2H3,(H,15,16)(H,17,18). The first-order valence-corrected chi connectivity index (χ1v) is 7.07. The van der Waals surface area contributed by atoms with Gasteiger partial charge in [0.1, 0.15) is 0 Å². The third-order valence-electron chi connectivity index (χ3n) is 2.69. The van der Waals surface area contributed by atoms with Gasteiger partial charge in [-0.25, -0.2) is 4.98 Å². The molecule has 0 spiro atoms. The smallest absolute Gasteiger partial charge is 0.243 e. The molecule has 1 aromatic carbocycles. The first kappa shape index (κ1) is 13.5. The molecule has 1 amide bonds. The van der Waals surface area contributed by atoms with Crippen molar-refractivity contribution in [3.63, 3.8) is 0 Å². The Labute approximate surface area is 116 Å². The van der Waals surface area contributed by atoms with Crippen molar-refractivity contribution in [2.45, 2.75) is 19.8 Å². The molecule has 100 valence electrons. The number of thiazole rings is 1. The monoisotopic (exact) mass is 275 g/mol. The van der Waals surface area contributed by atoms with Gasteiger partial charge in [-0.05, 0) is 17.5 Å². The van der Waals surface area contributed by atoms with Gasteiger partial charge in [-0.1, -0.05) is 32.0 Å². The van der Waals surface area contributed by atoms with Crippen LogP contribution in [0.15, 0.2) is 35.8 Å². The van der Waals surface area contributed by atoms with Gasteiger partial charge >= 0.3 is 0 Å². The van der Waals surface area contributed by atoms with E-state index in [2.05, 4.69) is 29.5 Å². The topological polar surface area (TPSA) is 54.0 Å². The number of carbonyl (C=O) groups excluding carboxylic acids is 1. The summed E-state index contributed by atoms with van der Waals surface area (Å²) >= 11 is 1.48. The Hall–Kier alpha value is -1.88. The van der Waals surface area contributed by atoms with Gasteiger partial charge in [0.25, 0.3) is 0 Å². The molecule has 0 unspecified atom stereocenters. The van der Waals surface area contributed by atoms with Crippen molar-refractivity contribution in [1.82, 2.24) is 4.98 Å². The molecule has 0 aliphatic heterocycles. The van der Waals surface area contributed by atoms with Crippen LogP contribution in [0.25, 0.3) is 0 Å². The molecule has 5 heteroatoms. The number of para-hydroxylation sites is 1. The normalized spacial score (nSPS) is 10.5. The second kappa shape index (κ2) is 6.33. The van der Waals surface area contributed by atoms with E-state index in [1.54, 1.807) is 6.20 Å². The van der Waals surface area contributed by atoms with Gasteiger partial charge in [0.05, 0.1) is 6.54 Å². The van der Waals surface area contributed by atoms with Crippen LogP contribution in [0.5, 0.6) is 0 Å². The minimum absolute atomic E-state index is 0.0664. The van der Waals surface area contributed by atoms with Crippen molar-refractivity contribution >= 4 is 28.1 Å². The molecule has 0 saturated heterocycles. The molecule has 1 heterocycles. The van der Waals surface area contributed by atoms with E-state index in [0.29, 0.717) is 5.92 Å². The van der Waals surface area contributed by atoms with Crippen LogP contribution in [0.3, 0.4) is 0 Å². The molecule has 0 aliphatic rings. The highest BCUT2D eigenvalue weighted by atomic mass is 32.1. The molecule has 19 heavy (non-hydrogen) atoms. The molecule has 0 fully saturated rings. The van der Waals surface area contributed by atoms with E-state index < -0.39 is 0 Å². The van der Waals surface area contributed by atoms with Crippen LogP contribution >= 0.6 is 11.3 Å². The van der Waals surface area contributed by atoms with Gasteiger partial charge < -0.3 is 10.6 Å². The Balaban J connectivity index is 1.95. The zero-order valence-corrected chi connectivity index (χ0v) is 11.8. The molecular formula is C14H17N3OS. The summed E-state index contributed by atoms with van der Waals surface area (Å²) in [5, 5.41) is 8.54. The molecule has 0 bridgehead atoms. The summed E-state index contributed by atoms with van der Waals surface area (Å²) < 4.78 is 0. The van der Waals surface area contributed by atoms with Gasteiger partial charge in [0, 0.05) is 17.3 Å². The summed E-state index contributed by atoms with van der Waals surface area (Å²) in [7, 11) is 0. The molecule has 4 nitrogen and oxygen atoms in total. The minimum atomic E-state index is -0.0664. The first-order valence-electron chi connectivity index (χ1n) is 6.19. The van der Waals surface area contributed by atoms with Crippen molar-refractivity contribution in [3.8, 4) is 0 Å². The summed E-state index contributed by atoms with van der Waals surface area (Å²) in [6, 6.07) is 7.87. The third-order valence-corrected chi connectivity index (χ3v) is 3.42. The van der Waals surface area contributed by atoms with Crippen molar-refractivity contribution in [3.05, 3.63) is 41.4 Å². The lowest BCUT2D eigenvalue weighted by Gasteiger charge is -2.13. The lowest BCUT2D eigenvalue weighted by molar-refractivity contribution is -0.114. The predicted octanol–water partition coefficient (Wildman–Crippen LogP) is 3.32. The Kier molecular flexibility index (Phi) is 4.52. The Morgan fingerprint density at radius 2 is 2.16 bits per heavy atom. The van der Waals surface area contributed by atoms with Crippen molar-refractivity contribution < 1.29 is 4.79 Å². The average molecular weight is 275 g/mol. The van der Waals surface area contributed by atoms with Crippen LogP contribution in [0.2, 0.25) is 0 Å². The van der Waals surface area contributed by atoms with E-state index in [9.17, 15) is 4.79 Å². The largest absolute Gasteiger partial charge is 0.352 e. The molecular weight excluding hydrogens is 258 g/mol. The van der Waals surface area contributed by atoms with E-state index in [-0.39, 0.29) is 12.5 Å². The number of aromatic nitrogens is 1. The summed E-state index contributed by atoms with van der Waals surface area (Å²) in [6.07, 6.45) is 1.71. The van der Waals surface area contributed by atoms with E-state index in [1.807, 2.05) is 29.6 Å². The minimum Gasteiger partial charge on any atom is -0.352 e. The number of carbonyl (C=O) groups is 1. The fourth-order valence-corrected chi connectivity index (χ4v) is 2.30. The molecule has 2 N–H and O–H groups in total. The number of benzene rings is 1. The molecule has 2 rings (SSSR count). The molecule has 0 radical (unpaired) electrons. The zero-order valence-electron chi connectivity index (χ0n) is 11.0. The van der Waals surface area contributed by atoms with Crippen LogP contribution < -0.4 is 10.6 Å². The second-order valence-corrected chi connectivity index (χ2v) is 5.38. The average Bonchev–Trinajstić information content (AvgIpc) is 2.90. The van der Waals surface area contributed by atoms with Crippen LogP contribution in [0.4, 0.5) is 10.8 Å². The highest BCUT2D eigenvalue weighted by Gasteiger charge is 2.09. The highest BCUT2D eigenvalue weighted by molar-refractivity contribution is 7.13. The quantitative estimate of drug-likeness (QED) is 0.880. The van der Waals surface area contributed by atoms with Gasteiger partial charge in [0.15, 0.2) is 5.13 Å². The van der Waals surface area contributed by atoms with Crippen LogP contribution in [0.1, 0.15) is 25.3 Å². The number of amides is 1. The number of nitrogens with zero attached hydrogens (tertiary/aromatic N) is 1. The number of nitrogens with one attached hydrogen (secondary N) is 2. The molecule has 2 aromatic rings. The lowest BCUT2D eigenvalue weighted by atomic mass is 10.0. The van der Waals surface area contributed by atoms with Crippen LogP contribution in [-0.2, 0) is 4.79 Å². The third kappa shape index (κ3) is 3.79. The van der Waals surface area contributed by atoms with Crippen molar-refractivity contribution in [1.29, 1.82) is 0 Å². The maximum atomic E-state index is 11.9. The SMILES string of the molecule is CC(C)c1ccccc1NC(=O)CNc1nccs1. The summed E-state index contributed by atoms with van der Waals surface area (Å²) in [5.41, 5.74) is 2.02. The second-order valence-electron chi connectivity index (χ2n) is 4.48. The fourth-order valence-electron chi connectivity index (χ4n) is 1.78. The summed E-state index contributed by atoms with van der Waals surface area (Å²) in [6.45, 7) is 4.44. The maximum absolute atomic E-state index is 11.9. The Morgan fingerprint density at radius 3 is 2.84 bits per heavy atom. The molecule has 0 saturated carbocycles. The van der Waals surface area contributed by atoms with E-state index in [4.69, 9.17) is 0 Å². The van der Waals surface area contributed by atoms with Crippen molar-refractivity contribution in [2.24, 2.45) is 0 Å². The number of hydrogen-bond donors (Lipinski definition) is 2.